The first-order valence-corrected chi connectivity index (χ1v) is 19.7. The molecule has 310 valence electrons. The van der Waals surface area contributed by atoms with E-state index in [1.54, 1.807) is 39.8 Å². The van der Waals surface area contributed by atoms with Crippen LogP contribution in [-0.4, -0.2) is 136 Å². The molecule has 3 fully saturated rings. The Morgan fingerprint density at radius 3 is 2.26 bits per heavy atom. The van der Waals surface area contributed by atoms with Crippen LogP contribution in [0.25, 0.3) is 0 Å². The molecule has 3 saturated heterocycles. The number of nitrogens with zero attached hydrogens (tertiary/aromatic N) is 1. The van der Waals surface area contributed by atoms with E-state index in [1.807, 2.05) is 34.6 Å². The van der Waals surface area contributed by atoms with Gasteiger partial charge in [0.05, 0.1) is 41.9 Å². The molecule has 0 aromatic rings. The summed E-state index contributed by atoms with van der Waals surface area (Å²) in [5, 5.41) is 45.7. The molecule has 54 heavy (non-hydrogen) atoms. The highest BCUT2D eigenvalue weighted by Crippen LogP contribution is 2.48. The van der Waals surface area contributed by atoms with Gasteiger partial charge in [-0.3, -0.25) is 9.69 Å². The summed E-state index contributed by atoms with van der Waals surface area (Å²) in [6.45, 7) is 26.9. The number of methoxy groups -OCH3 is 1. The fourth-order valence-electron chi connectivity index (χ4n) is 9.25. The number of ether oxygens (including phenoxy) is 7. The molecule has 0 aliphatic carbocycles. The van der Waals surface area contributed by atoms with Crippen molar-refractivity contribution in [2.45, 2.75) is 179 Å². The summed E-state index contributed by atoms with van der Waals surface area (Å²) in [6, 6.07) is -0.329. The van der Waals surface area contributed by atoms with Crippen molar-refractivity contribution in [3.05, 3.63) is 36.6 Å². The predicted molar refractivity (Wildman–Crippen MR) is 202 cm³/mol. The SMILES string of the molecule is C=CCN(CC=C)C1CC(C)O[C@@H](O[C@@H]2[C@@H](C)[C@H](O[C@H]3CC(C)(OC)[C@@H](O)C(C)O3)[C@@H](C)C(=O)O[C@@H]([C@](C)(O)[C@H](O)CC)[C@@H](C)C3=C(C)C[C@@]2(C)O3)C1O. The van der Waals surface area contributed by atoms with E-state index in [9.17, 15) is 25.2 Å². The van der Waals surface area contributed by atoms with Crippen molar-refractivity contribution in [2.24, 2.45) is 17.8 Å². The van der Waals surface area contributed by atoms with E-state index < -0.39 is 95.8 Å². The summed E-state index contributed by atoms with van der Waals surface area (Å²) in [6.07, 6.45) is -4.14. The van der Waals surface area contributed by atoms with Gasteiger partial charge >= 0.3 is 5.97 Å². The zero-order valence-electron chi connectivity index (χ0n) is 34.4. The van der Waals surface area contributed by atoms with Gasteiger partial charge in [0.15, 0.2) is 12.6 Å². The molecular formula is C41H69NO12. The Morgan fingerprint density at radius 2 is 1.69 bits per heavy atom. The molecule has 0 aromatic carbocycles. The molecule has 4 N–H and O–H groups in total. The molecule has 13 heteroatoms. The molecule has 0 aromatic heterocycles. The van der Waals surface area contributed by atoms with Crippen molar-refractivity contribution >= 4 is 5.97 Å². The van der Waals surface area contributed by atoms with Crippen molar-refractivity contribution in [3.63, 3.8) is 0 Å². The summed E-state index contributed by atoms with van der Waals surface area (Å²) in [5.74, 6) is -2.36. The first-order valence-electron chi connectivity index (χ1n) is 19.7. The molecule has 5 unspecified atom stereocenters. The van der Waals surface area contributed by atoms with E-state index in [0.717, 1.165) is 5.57 Å². The van der Waals surface area contributed by atoms with Gasteiger partial charge in [0.1, 0.15) is 41.4 Å². The smallest absolute Gasteiger partial charge is 0.311 e. The van der Waals surface area contributed by atoms with Crippen LogP contribution in [0.5, 0.6) is 0 Å². The standard InChI is InChI=1S/C41H69NO12/c1-14-17-42(18-15-2)28-19-23(5)49-38(31(28)44)53-35-25(7)33(51-30-21-39(10,48-13)34(45)27(9)50-30)26(8)37(46)52-36(41(12,47)29(43)16-3)24(6)32-22(4)20-40(35,11)54-32/h14-15,23-31,33-36,38,43-45,47H,1-2,16-21H2,3-13H3/t23?,24-,25-,26+,27?,28?,29+,30-,31?,33-,34-,35+,36+,38-,39?,40+,41+/m0/s1. The fraction of sp³-hybridized carbons (Fsp3) is 0.829. The maximum absolute atomic E-state index is 14.4. The zero-order valence-corrected chi connectivity index (χ0v) is 34.4. The summed E-state index contributed by atoms with van der Waals surface area (Å²) in [7, 11) is 1.52. The van der Waals surface area contributed by atoms with E-state index in [0.29, 0.717) is 31.7 Å². The van der Waals surface area contributed by atoms with Gasteiger partial charge in [0, 0.05) is 45.0 Å². The second-order valence-electron chi connectivity index (χ2n) is 16.9. The van der Waals surface area contributed by atoms with Crippen LogP contribution < -0.4 is 0 Å². The number of hydrogen-bond acceptors (Lipinski definition) is 13. The van der Waals surface area contributed by atoms with Crippen molar-refractivity contribution < 1.29 is 58.4 Å². The number of aliphatic hydroxyl groups is 4. The minimum absolute atomic E-state index is 0.160. The average molecular weight is 768 g/mol. The Kier molecular flexibility index (Phi) is 14.7. The fourth-order valence-corrected chi connectivity index (χ4v) is 9.25. The molecule has 4 heterocycles. The molecule has 0 saturated carbocycles. The average Bonchev–Trinajstić information content (AvgIpc) is 3.43. The number of aliphatic hydroxyl groups excluding tert-OH is 3. The van der Waals surface area contributed by atoms with Gasteiger partial charge in [-0.1, -0.05) is 32.9 Å². The molecule has 0 spiro atoms. The third-order valence-electron chi connectivity index (χ3n) is 12.5. The Morgan fingerprint density at radius 1 is 1.06 bits per heavy atom. The normalized spacial score (nSPS) is 43.8. The third-order valence-corrected chi connectivity index (χ3v) is 12.5. The van der Waals surface area contributed by atoms with Gasteiger partial charge in [-0.05, 0) is 66.9 Å². The van der Waals surface area contributed by atoms with Crippen LogP contribution in [0.3, 0.4) is 0 Å². The maximum Gasteiger partial charge on any atom is 0.311 e. The second-order valence-corrected chi connectivity index (χ2v) is 16.9. The van der Waals surface area contributed by atoms with Crippen LogP contribution >= 0.6 is 0 Å². The lowest BCUT2D eigenvalue weighted by Crippen LogP contribution is -2.60. The zero-order chi connectivity index (χ0) is 40.5. The summed E-state index contributed by atoms with van der Waals surface area (Å²) in [5.41, 5.74) is -3.04. The van der Waals surface area contributed by atoms with E-state index in [1.165, 1.54) is 14.0 Å². The van der Waals surface area contributed by atoms with Crippen molar-refractivity contribution in [1.29, 1.82) is 0 Å². The van der Waals surface area contributed by atoms with E-state index in [-0.39, 0.29) is 25.0 Å². The lowest BCUT2D eigenvalue weighted by molar-refractivity contribution is -0.316. The number of carbonyl (C=O) groups is 1. The molecule has 4 aliphatic rings. The lowest BCUT2D eigenvalue weighted by atomic mass is 9.78. The van der Waals surface area contributed by atoms with Gasteiger partial charge in [0.25, 0.3) is 0 Å². The largest absolute Gasteiger partial charge is 0.488 e. The predicted octanol–water partition coefficient (Wildman–Crippen LogP) is 4.00. The molecule has 4 aliphatic heterocycles. The number of carbonyl (C=O) groups excluding carboxylic acids is 1. The highest BCUT2D eigenvalue weighted by Gasteiger charge is 2.57. The minimum atomic E-state index is -1.84. The van der Waals surface area contributed by atoms with Crippen molar-refractivity contribution in [2.75, 3.05) is 20.2 Å². The topological polar surface area (TPSA) is 166 Å². The van der Waals surface area contributed by atoms with Crippen LogP contribution in [0.4, 0.5) is 0 Å². The van der Waals surface area contributed by atoms with Crippen LogP contribution in [0.15, 0.2) is 36.6 Å². The number of fused-ring (bicyclic) bond motifs is 2. The molecule has 4 rings (SSSR count). The summed E-state index contributed by atoms with van der Waals surface area (Å²) >= 11 is 0. The summed E-state index contributed by atoms with van der Waals surface area (Å²) < 4.78 is 45.2. The first-order chi connectivity index (χ1) is 25.2. The molecular weight excluding hydrogens is 698 g/mol. The van der Waals surface area contributed by atoms with Gasteiger partial charge in [-0.15, -0.1) is 13.2 Å². The Hall–Kier alpha value is -1.91. The molecule has 13 nitrogen and oxygen atoms in total. The van der Waals surface area contributed by atoms with E-state index in [2.05, 4.69) is 18.1 Å². The second kappa shape index (κ2) is 17.7. The number of rotatable bonds is 13. The van der Waals surface area contributed by atoms with Crippen LogP contribution in [0.2, 0.25) is 0 Å². The van der Waals surface area contributed by atoms with Crippen LogP contribution in [-0.2, 0) is 38.0 Å². The van der Waals surface area contributed by atoms with Gasteiger partial charge in [-0.2, -0.15) is 0 Å². The van der Waals surface area contributed by atoms with Crippen molar-refractivity contribution in [3.8, 4) is 0 Å². The number of hydrogen-bond donors (Lipinski definition) is 4. The molecule has 0 amide bonds. The highest BCUT2D eigenvalue weighted by atomic mass is 16.7. The number of esters is 1. The summed E-state index contributed by atoms with van der Waals surface area (Å²) in [4.78, 5) is 16.5. The third kappa shape index (κ3) is 8.96. The van der Waals surface area contributed by atoms with Gasteiger partial charge < -0.3 is 53.6 Å². The molecule has 0 radical (unpaired) electrons. The highest BCUT2D eigenvalue weighted by molar-refractivity contribution is 5.73. The van der Waals surface area contributed by atoms with E-state index >= 15 is 0 Å². The minimum Gasteiger partial charge on any atom is -0.488 e. The van der Waals surface area contributed by atoms with Crippen molar-refractivity contribution in [1.82, 2.24) is 4.90 Å². The Balaban J connectivity index is 1.83. The quantitative estimate of drug-likeness (QED) is 0.157. The Bertz CT molecular complexity index is 1330. The monoisotopic (exact) mass is 767 g/mol. The molecule has 17 atom stereocenters. The number of cyclic esters (lactones) is 1. The lowest BCUT2D eigenvalue weighted by Gasteiger charge is -2.49. The first kappa shape index (κ1) is 44.8. The van der Waals surface area contributed by atoms with Crippen LogP contribution in [0, 0.1) is 17.8 Å². The Labute approximate surface area is 322 Å². The van der Waals surface area contributed by atoms with Crippen LogP contribution in [0.1, 0.15) is 94.9 Å². The molecule has 2 bridgehead atoms. The van der Waals surface area contributed by atoms with E-state index in [4.69, 9.17) is 33.2 Å². The van der Waals surface area contributed by atoms with Gasteiger partial charge in [-0.25, -0.2) is 0 Å². The van der Waals surface area contributed by atoms with Gasteiger partial charge in [0.2, 0.25) is 0 Å². The maximum atomic E-state index is 14.4.